The van der Waals surface area contributed by atoms with E-state index in [1.165, 1.54) is 12.7 Å². The summed E-state index contributed by atoms with van der Waals surface area (Å²) in [6, 6.07) is 9.42. The zero-order valence-corrected chi connectivity index (χ0v) is 14.5. The molecule has 6 nitrogen and oxygen atoms in total. The van der Waals surface area contributed by atoms with Crippen LogP contribution in [0.1, 0.15) is 18.9 Å². The van der Waals surface area contributed by atoms with Crippen LogP contribution in [-0.4, -0.2) is 56.4 Å². The predicted octanol–water partition coefficient (Wildman–Crippen LogP) is 1.84. The van der Waals surface area contributed by atoms with Crippen molar-refractivity contribution in [2.45, 2.75) is 31.8 Å². The van der Waals surface area contributed by atoms with E-state index in [0.29, 0.717) is 19.6 Å². The first-order valence-electron chi connectivity index (χ1n) is 8.26. The third-order valence-electron chi connectivity index (χ3n) is 4.61. The molecule has 0 bridgehead atoms. The summed E-state index contributed by atoms with van der Waals surface area (Å²) in [6.45, 7) is 2.77. The van der Waals surface area contributed by atoms with Crippen LogP contribution in [0, 0.1) is 5.92 Å². The van der Waals surface area contributed by atoms with Gasteiger partial charge in [-0.2, -0.15) is 0 Å². The van der Waals surface area contributed by atoms with Crippen LogP contribution < -0.4 is 5.32 Å². The van der Waals surface area contributed by atoms with Crippen LogP contribution in [0.4, 0.5) is 4.79 Å². The van der Waals surface area contributed by atoms with E-state index >= 15 is 0 Å². The zero-order valence-electron chi connectivity index (χ0n) is 14.5. The number of hydrogen-bond acceptors (Lipinski definition) is 4. The van der Waals surface area contributed by atoms with E-state index in [1.807, 2.05) is 37.3 Å². The molecule has 1 saturated heterocycles. The largest absolute Gasteiger partial charge is 0.469 e. The smallest absolute Gasteiger partial charge is 0.317 e. The molecule has 1 fully saturated rings. The molecule has 132 valence electrons. The number of hydrogen-bond donors (Lipinski definition) is 1. The van der Waals surface area contributed by atoms with Crippen molar-refractivity contribution in [1.29, 1.82) is 0 Å². The molecule has 0 unspecified atom stereocenters. The minimum absolute atomic E-state index is 0.155. The number of rotatable bonds is 7. The number of carbonyl (C=O) groups excluding carboxylic acids is 2. The van der Waals surface area contributed by atoms with E-state index in [2.05, 4.69) is 5.32 Å². The van der Waals surface area contributed by atoms with E-state index in [4.69, 9.17) is 9.47 Å². The highest BCUT2D eigenvalue weighted by atomic mass is 16.5. The quantitative estimate of drug-likeness (QED) is 0.773. The lowest BCUT2D eigenvalue weighted by molar-refractivity contribution is -0.149. The molecule has 0 saturated carbocycles. The maximum atomic E-state index is 12.4. The number of urea groups is 1. The van der Waals surface area contributed by atoms with E-state index < -0.39 is 5.92 Å². The number of nitrogens with zero attached hydrogens (tertiary/aromatic N) is 1. The van der Waals surface area contributed by atoms with Gasteiger partial charge in [0.15, 0.2) is 0 Å². The predicted molar refractivity (Wildman–Crippen MR) is 90.6 cm³/mol. The van der Waals surface area contributed by atoms with Gasteiger partial charge in [-0.3, -0.25) is 4.79 Å². The second-order valence-corrected chi connectivity index (χ2v) is 6.06. The Hall–Kier alpha value is -2.08. The van der Waals surface area contributed by atoms with Crippen LogP contribution in [0.3, 0.4) is 0 Å². The highest BCUT2D eigenvalue weighted by molar-refractivity contribution is 5.81. The van der Waals surface area contributed by atoms with Crippen molar-refractivity contribution < 1.29 is 19.1 Å². The average molecular weight is 334 g/mol. The van der Waals surface area contributed by atoms with Crippen molar-refractivity contribution in [3.63, 3.8) is 0 Å². The minimum atomic E-state index is -0.395. The topological polar surface area (TPSA) is 67.9 Å². The summed E-state index contributed by atoms with van der Waals surface area (Å²) in [5.74, 6) is -0.684. The first-order chi connectivity index (χ1) is 11.6. The molecule has 3 atom stereocenters. The maximum absolute atomic E-state index is 12.4. The molecule has 1 N–H and O–H groups in total. The lowest BCUT2D eigenvalue weighted by Gasteiger charge is -2.43. The highest BCUT2D eigenvalue weighted by Crippen LogP contribution is 2.25. The Morgan fingerprint density at radius 2 is 1.96 bits per heavy atom. The normalized spacial score (nSPS) is 23.7. The number of carbonyl (C=O) groups is 2. The first kappa shape index (κ1) is 18.3. The monoisotopic (exact) mass is 334 g/mol. The lowest BCUT2D eigenvalue weighted by Crippen LogP contribution is -2.63. The highest BCUT2D eigenvalue weighted by Gasteiger charge is 2.43. The fraction of sp³-hybridized carbons (Fsp3) is 0.556. The lowest BCUT2D eigenvalue weighted by atomic mass is 9.86. The second-order valence-electron chi connectivity index (χ2n) is 6.06. The molecule has 1 aliphatic heterocycles. The standard InChI is InChI=1S/C18H26N2O4/c1-13-16(17(21)24-3)15(10-9-14-7-5-4-6-8-14)19-18(22)20(13)11-12-23-2/h4-8,13,15-16H,9-12H2,1-3H3,(H,19,22)/t13-,15+,16-/m1/s1. The molecule has 1 aliphatic rings. The van der Waals surface area contributed by atoms with Crippen molar-refractivity contribution in [2.24, 2.45) is 5.92 Å². The third-order valence-corrected chi connectivity index (χ3v) is 4.61. The molecule has 1 aromatic rings. The third kappa shape index (κ3) is 4.26. The van der Waals surface area contributed by atoms with E-state index in [9.17, 15) is 9.59 Å². The van der Waals surface area contributed by atoms with Gasteiger partial charge < -0.3 is 19.7 Å². The molecule has 24 heavy (non-hydrogen) atoms. The number of ether oxygens (including phenoxy) is 2. The number of methoxy groups -OCH3 is 2. The first-order valence-corrected chi connectivity index (χ1v) is 8.26. The molecule has 0 aromatic heterocycles. The summed E-state index contributed by atoms with van der Waals surface area (Å²) < 4.78 is 10.0. The number of esters is 1. The molecule has 1 heterocycles. The van der Waals surface area contributed by atoms with Gasteiger partial charge >= 0.3 is 12.0 Å². The Balaban J connectivity index is 2.10. The summed E-state index contributed by atoms with van der Waals surface area (Å²) in [6.07, 6.45) is 1.49. The molecule has 2 amide bonds. The number of nitrogens with one attached hydrogen (secondary N) is 1. The van der Waals surface area contributed by atoms with E-state index in [0.717, 1.165) is 6.42 Å². The van der Waals surface area contributed by atoms with Gasteiger partial charge in [-0.05, 0) is 25.3 Å². The van der Waals surface area contributed by atoms with Crippen LogP contribution in [0.25, 0.3) is 0 Å². The van der Waals surface area contributed by atoms with Gasteiger partial charge in [0.2, 0.25) is 0 Å². The van der Waals surface area contributed by atoms with Crippen LogP contribution in [-0.2, 0) is 20.7 Å². The number of aryl methyl sites for hydroxylation is 1. The molecular weight excluding hydrogens is 308 g/mol. The summed E-state index contributed by atoms with van der Waals surface area (Å²) in [5.41, 5.74) is 1.19. The summed E-state index contributed by atoms with van der Waals surface area (Å²) >= 11 is 0. The molecular formula is C18H26N2O4. The Morgan fingerprint density at radius 3 is 2.58 bits per heavy atom. The van der Waals surface area contributed by atoms with Crippen molar-refractivity contribution >= 4 is 12.0 Å². The van der Waals surface area contributed by atoms with Gasteiger partial charge in [0, 0.05) is 25.7 Å². The SMILES string of the molecule is COCCN1C(=O)N[C@@H](CCc2ccccc2)[C@H](C(=O)OC)[C@H]1C. The van der Waals surface area contributed by atoms with Crippen molar-refractivity contribution in [3.8, 4) is 0 Å². The minimum Gasteiger partial charge on any atom is -0.469 e. The molecule has 0 spiro atoms. The molecule has 1 aromatic carbocycles. The second kappa shape index (κ2) is 8.68. The Bertz CT molecular complexity index is 549. The van der Waals surface area contributed by atoms with Gasteiger partial charge in [-0.15, -0.1) is 0 Å². The van der Waals surface area contributed by atoms with Gasteiger partial charge in [0.05, 0.1) is 19.6 Å². The Kier molecular flexibility index (Phi) is 6.61. The van der Waals surface area contributed by atoms with Crippen LogP contribution >= 0.6 is 0 Å². The van der Waals surface area contributed by atoms with Gasteiger partial charge in [0.25, 0.3) is 0 Å². The van der Waals surface area contributed by atoms with Crippen molar-refractivity contribution in [2.75, 3.05) is 27.4 Å². The van der Waals surface area contributed by atoms with E-state index in [-0.39, 0.29) is 24.1 Å². The van der Waals surface area contributed by atoms with Gasteiger partial charge in [-0.25, -0.2) is 4.79 Å². The van der Waals surface area contributed by atoms with E-state index in [1.54, 1.807) is 12.0 Å². The molecule has 0 radical (unpaired) electrons. The Morgan fingerprint density at radius 1 is 1.25 bits per heavy atom. The summed E-state index contributed by atoms with van der Waals surface area (Å²) in [5, 5.41) is 2.97. The zero-order chi connectivity index (χ0) is 17.5. The van der Waals surface area contributed by atoms with Gasteiger partial charge in [0.1, 0.15) is 0 Å². The average Bonchev–Trinajstić information content (AvgIpc) is 2.60. The van der Waals surface area contributed by atoms with Crippen molar-refractivity contribution in [3.05, 3.63) is 35.9 Å². The maximum Gasteiger partial charge on any atom is 0.317 e. The molecule has 2 rings (SSSR count). The van der Waals surface area contributed by atoms with Gasteiger partial charge in [-0.1, -0.05) is 30.3 Å². The number of benzene rings is 1. The molecule has 6 heteroatoms. The number of amides is 2. The molecule has 0 aliphatic carbocycles. The van der Waals surface area contributed by atoms with Crippen LogP contribution in [0.5, 0.6) is 0 Å². The van der Waals surface area contributed by atoms with Crippen LogP contribution in [0.15, 0.2) is 30.3 Å². The summed E-state index contributed by atoms with van der Waals surface area (Å²) in [4.78, 5) is 26.3. The van der Waals surface area contributed by atoms with Crippen molar-refractivity contribution in [1.82, 2.24) is 10.2 Å². The Labute approximate surface area is 143 Å². The fourth-order valence-corrected chi connectivity index (χ4v) is 3.26. The fourth-order valence-electron chi connectivity index (χ4n) is 3.26. The van der Waals surface area contributed by atoms with Crippen LogP contribution in [0.2, 0.25) is 0 Å². The summed E-state index contributed by atoms with van der Waals surface area (Å²) in [7, 11) is 2.98.